The van der Waals surface area contributed by atoms with Crippen molar-refractivity contribution in [2.75, 3.05) is 42.7 Å². The number of urea groups is 1. The van der Waals surface area contributed by atoms with Gasteiger partial charge in [0.25, 0.3) is 0 Å². The minimum absolute atomic E-state index is 0.103. The number of aromatic nitrogens is 2. The van der Waals surface area contributed by atoms with Crippen LogP contribution in [0, 0.1) is 0 Å². The molecule has 37 heavy (non-hydrogen) atoms. The van der Waals surface area contributed by atoms with E-state index < -0.39 is 6.10 Å². The number of nitrogens with zero attached hydrogens (tertiary/aromatic N) is 4. The van der Waals surface area contributed by atoms with Crippen molar-refractivity contribution in [2.45, 2.75) is 11.0 Å². The highest BCUT2D eigenvalue weighted by Gasteiger charge is 2.25. The highest BCUT2D eigenvalue weighted by atomic mass is 32.2. The van der Waals surface area contributed by atoms with Crippen LogP contribution in [0.25, 0.3) is 0 Å². The second kappa shape index (κ2) is 11.6. The van der Waals surface area contributed by atoms with Crippen molar-refractivity contribution >= 4 is 40.1 Å². The van der Waals surface area contributed by atoms with Gasteiger partial charge in [-0.1, -0.05) is 42.5 Å². The third-order valence-corrected chi connectivity index (χ3v) is 7.62. The predicted molar refractivity (Wildman–Crippen MR) is 148 cm³/mol. The molecule has 10 heteroatoms. The molecule has 4 aromatic rings. The molecule has 1 unspecified atom stereocenters. The molecule has 0 bridgehead atoms. The number of aliphatic hydroxyl groups is 1. The van der Waals surface area contributed by atoms with Gasteiger partial charge < -0.3 is 25.0 Å². The molecule has 1 aliphatic rings. The van der Waals surface area contributed by atoms with Crippen LogP contribution >= 0.6 is 23.3 Å². The maximum atomic E-state index is 12.8. The second-order valence-electron chi connectivity index (χ2n) is 8.43. The summed E-state index contributed by atoms with van der Waals surface area (Å²) in [7, 11) is 0. The second-order valence-corrected chi connectivity index (χ2v) is 10.0. The fourth-order valence-corrected chi connectivity index (χ4v) is 5.30. The van der Waals surface area contributed by atoms with Gasteiger partial charge in [-0.3, -0.25) is 0 Å². The quantitative estimate of drug-likeness (QED) is 0.304. The Balaban J connectivity index is 1.16. The van der Waals surface area contributed by atoms with E-state index in [1.54, 1.807) is 11.8 Å². The van der Waals surface area contributed by atoms with Gasteiger partial charge in [0, 0.05) is 42.6 Å². The lowest BCUT2D eigenvalue weighted by Crippen LogP contribution is -2.50. The molecule has 0 radical (unpaired) electrons. The number of anilines is 2. The molecule has 2 heterocycles. The molecule has 0 saturated carbocycles. The molecule has 1 atom stereocenters. The average Bonchev–Trinajstić information content (AvgIpc) is 3.44. The van der Waals surface area contributed by atoms with Crippen molar-refractivity contribution < 1.29 is 14.6 Å². The van der Waals surface area contributed by atoms with Gasteiger partial charge in [0.2, 0.25) is 5.13 Å². The summed E-state index contributed by atoms with van der Waals surface area (Å²) in [6.07, 6.45) is 1.06. The summed E-state index contributed by atoms with van der Waals surface area (Å²) in [6.45, 7) is 2.45. The smallest absolute Gasteiger partial charge is 0.321 e. The average molecular weight is 534 g/mol. The fraction of sp³-hybridized carbons (Fsp3) is 0.222. The minimum Gasteiger partial charge on any atom is -0.457 e. The van der Waals surface area contributed by atoms with E-state index >= 15 is 0 Å². The number of carbonyl (C=O) groups is 1. The van der Waals surface area contributed by atoms with Crippen molar-refractivity contribution in [3.05, 3.63) is 90.3 Å². The van der Waals surface area contributed by atoms with Gasteiger partial charge in [0.05, 0.1) is 5.69 Å². The van der Waals surface area contributed by atoms with Gasteiger partial charge in [-0.2, -0.15) is 4.37 Å². The SMILES string of the molecule is CSc1ccccc1NC(=O)N1CCN(c2nc(C(O)c3ccc(Oc4ccccc4)cc3)ns2)CC1. The molecule has 1 aromatic heterocycles. The molecule has 0 aliphatic carbocycles. The fourth-order valence-electron chi connectivity index (χ4n) is 4.00. The van der Waals surface area contributed by atoms with Crippen molar-refractivity contribution in [1.29, 1.82) is 0 Å². The summed E-state index contributed by atoms with van der Waals surface area (Å²) in [4.78, 5) is 22.3. The number of hydrogen-bond acceptors (Lipinski definition) is 8. The van der Waals surface area contributed by atoms with E-state index in [4.69, 9.17) is 4.74 Å². The Labute approximate surface area is 224 Å². The first-order valence-corrected chi connectivity index (χ1v) is 13.9. The van der Waals surface area contributed by atoms with Gasteiger partial charge in [-0.25, -0.2) is 9.78 Å². The number of nitrogens with one attached hydrogen (secondary N) is 1. The topological polar surface area (TPSA) is 90.8 Å². The third kappa shape index (κ3) is 6.04. The summed E-state index contributed by atoms with van der Waals surface area (Å²) >= 11 is 2.86. The first-order valence-electron chi connectivity index (χ1n) is 11.9. The minimum atomic E-state index is -0.931. The van der Waals surface area contributed by atoms with Crippen LogP contribution in [0.4, 0.5) is 15.6 Å². The Kier molecular flexibility index (Phi) is 7.88. The number of rotatable bonds is 7. The van der Waals surface area contributed by atoms with Crippen LogP contribution in [0.2, 0.25) is 0 Å². The normalized spacial score (nSPS) is 14.3. The van der Waals surface area contributed by atoms with Crippen molar-refractivity contribution in [2.24, 2.45) is 0 Å². The number of carbonyl (C=O) groups excluding carboxylic acids is 1. The zero-order valence-corrected chi connectivity index (χ0v) is 21.9. The number of piperazine rings is 1. The molecule has 2 N–H and O–H groups in total. The molecular formula is C27H27N5O3S2. The van der Waals surface area contributed by atoms with E-state index in [1.807, 2.05) is 90.0 Å². The summed E-state index contributed by atoms with van der Waals surface area (Å²) in [5.74, 6) is 1.81. The Morgan fingerprint density at radius 3 is 2.38 bits per heavy atom. The van der Waals surface area contributed by atoms with Gasteiger partial charge in [-0.15, -0.1) is 11.8 Å². The summed E-state index contributed by atoms with van der Waals surface area (Å²) in [6, 6.07) is 24.5. The van der Waals surface area contributed by atoms with Crippen LogP contribution in [0.5, 0.6) is 11.5 Å². The highest BCUT2D eigenvalue weighted by Crippen LogP contribution is 2.29. The zero-order chi connectivity index (χ0) is 25.6. The molecule has 3 aromatic carbocycles. The maximum absolute atomic E-state index is 12.8. The molecule has 1 aliphatic heterocycles. The summed E-state index contributed by atoms with van der Waals surface area (Å²) in [5.41, 5.74) is 1.52. The van der Waals surface area contributed by atoms with E-state index in [9.17, 15) is 9.90 Å². The van der Waals surface area contributed by atoms with Crippen LogP contribution in [0.3, 0.4) is 0 Å². The van der Waals surface area contributed by atoms with E-state index in [2.05, 4.69) is 19.6 Å². The van der Waals surface area contributed by atoms with Gasteiger partial charge >= 0.3 is 6.03 Å². The molecule has 5 rings (SSSR count). The van der Waals surface area contributed by atoms with Crippen LogP contribution in [0.1, 0.15) is 17.5 Å². The van der Waals surface area contributed by atoms with Crippen molar-refractivity contribution in [1.82, 2.24) is 14.3 Å². The molecule has 1 saturated heterocycles. The molecule has 0 spiro atoms. The Hall–Kier alpha value is -3.60. The molecule has 8 nitrogen and oxygen atoms in total. The van der Waals surface area contributed by atoms with Crippen LogP contribution in [-0.2, 0) is 0 Å². The number of hydrogen-bond donors (Lipinski definition) is 2. The Bertz CT molecular complexity index is 1330. The molecule has 2 amide bonds. The summed E-state index contributed by atoms with van der Waals surface area (Å²) in [5, 5.41) is 14.6. The van der Waals surface area contributed by atoms with E-state index in [1.165, 1.54) is 11.5 Å². The van der Waals surface area contributed by atoms with Gasteiger partial charge in [0.1, 0.15) is 17.6 Å². The number of thioether (sulfide) groups is 1. The van der Waals surface area contributed by atoms with E-state index in [0.29, 0.717) is 43.3 Å². The number of ether oxygens (including phenoxy) is 1. The highest BCUT2D eigenvalue weighted by molar-refractivity contribution is 7.98. The van der Waals surface area contributed by atoms with Crippen LogP contribution in [0.15, 0.2) is 83.8 Å². The van der Waals surface area contributed by atoms with Crippen molar-refractivity contribution in [3.63, 3.8) is 0 Å². The Morgan fingerprint density at radius 1 is 0.973 bits per heavy atom. The lowest BCUT2D eigenvalue weighted by atomic mass is 10.1. The summed E-state index contributed by atoms with van der Waals surface area (Å²) < 4.78 is 10.2. The molecule has 190 valence electrons. The van der Waals surface area contributed by atoms with Crippen LogP contribution in [-0.4, -0.2) is 57.8 Å². The monoisotopic (exact) mass is 533 g/mol. The molecular weight excluding hydrogens is 506 g/mol. The van der Waals surface area contributed by atoms with Crippen LogP contribution < -0.4 is 15.0 Å². The largest absolute Gasteiger partial charge is 0.457 e. The van der Waals surface area contributed by atoms with E-state index in [0.717, 1.165) is 21.5 Å². The predicted octanol–water partition coefficient (Wildman–Crippen LogP) is 5.49. The number of para-hydroxylation sites is 2. The molecule has 1 fully saturated rings. The Morgan fingerprint density at radius 2 is 1.65 bits per heavy atom. The van der Waals surface area contributed by atoms with Crippen molar-refractivity contribution in [3.8, 4) is 11.5 Å². The number of benzene rings is 3. The van der Waals surface area contributed by atoms with Gasteiger partial charge in [-0.05, 0) is 48.2 Å². The lowest BCUT2D eigenvalue weighted by molar-refractivity contribution is 0.208. The maximum Gasteiger partial charge on any atom is 0.321 e. The first-order chi connectivity index (χ1) is 18.1. The standard InChI is InChI=1S/C27H27N5O3S2/c1-36-23-10-6-5-9-22(23)28-26(34)31-15-17-32(18-16-31)27-29-25(30-37-27)24(33)19-11-13-21(14-12-19)35-20-7-3-2-4-8-20/h2-14,24,33H,15-18H2,1H3,(H,28,34). The van der Waals surface area contributed by atoms with Gasteiger partial charge in [0.15, 0.2) is 5.82 Å². The third-order valence-electron chi connectivity index (χ3n) is 6.04. The zero-order valence-electron chi connectivity index (χ0n) is 20.3. The lowest BCUT2D eigenvalue weighted by Gasteiger charge is -2.34. The number of amides is 2. The first kappa shape index (κ1) is 25.1. The van der Waals surface area contributed by atoms with E-state index in [-0.39, 0.29) is 6.03 Å². The number of aliphatic hydroxyl groups excluding tert-OH is 1.